The molecule has 94 valence electrons. The van der Waals surface area contributed by atoms with Gasteiger partial charge in [0.25, 0.3) is 0 Å². The standard InChI is InChI=1S/C14H15FN2O/c1-3-6-17-8-13(10(2)16-17)12-5-4-11(9-18)7-14(12)15/h4-5,7-9H,3,6H2,1-2H3. The zero-order valence-electron chi connectivity index (χ0n) is 10.5. The Kier molecular flexibility index (Phi) is 3.55. The third-order valence-corrected chi connectivity index (χ3v) is 2.82. The van der Waals surface area contributed by atoms with E-state index in [9.17, 15) is 9.18 Å². The molecule has 0 saturated carbocycles. The van der Waals surface area contributed by atoms with Crippen molar-refractivity contribution in [3.63, 3.8) is 0 Å². The number of benzene rings is 1. The maximum atomic E-state index is 13.9. The quantitative estimate of drug-likeness (QED) is 0.776. The Morgan fingerprint density at radius 3 is 2.78 bits per heavy atom. The van der Waals surface area contributed by atoms with Gasteiger partial charge >= 0.3 is 0 Å². The number of aryl methyl sites for hydroxylation is 2. The van der Waals surface area contributed by atoms with Crippen LogP contribution < -0.4 is 0 Å². The number of aromatic nitrogens is 2. The number of carbonyl (C=O) groups excluding carboxylic acids is 1. The van der Waals surface area contributed by atoms with Gasteiger partial charge in [0.2, 0.25) is 0 Å². The minimum Gasteiger partial charge on any atom is -0.298 e. The van der Waals surface area contributed by atoms with Gasteiger partial charge in [0, 0.05) is 29.4 Å². The molecule has 0 atom stereocenters. The van der Waals surface area contributed by atoms with Crippen LogP contribution in [0.15, 0.2) is 24.4 Å². The van der Waals surface area contributed by atoms with Crippen molar-refractivity contribution < 1.29 is 9.18 Å². The van der Waals surface area contributed by atoms with Crippen molar-refractivity contribution in [2.75, 3.05) is 0 Å². The van der Waals surface area contributed by atoms with E-state index in [1.165, 1.54) is 6.07 Å². The maximum absolute atomic E-state index is 13.9. The predicted octanol–water partition coefficient (Wildman–Crippen LogP) is 3.22. The Morgan fingerprint density at radius 2 is 2.17 bits per heavy atom. The van der Waals surface area contributed by atoms with Crippen molar-refractivity contribution in [1.82, 2.24) is 9.78 Å². The second-order valence-electron chi connectivity index (χ2n) is 4.25. The Balaban J connectivity index is 2.44. The fourth-order valence-corrected chi connectivity index (χ4v) is 1.95. The number of nitrogens with zero attached hydrogens (tertiary/aromatic N) is 2. The molecule has 0 aliphatic carbocycles. The predicted molar refractivity (Wildman–Crippen MR) is 68.0 cm³/mol. The summed E-state index contributed by atoms with van der Waals surface area (Å²) in [4.78, 5) is 10.6. The molecule has 1 aromatic carbocycles. The SMILES string of the molecule is CCCn1cc(-c2ccc(C=O)cc2F)c(C)n1. The highest BCUT2D eigenvalue weighted by molar-refractivity contribution is 5.77. The first-order chi connectivity index (χ1) is 8.65. The number of hydrogen-bond acceptors (Lipinski definition) is 2. The van der Waals surface area contributed by atoms with Crippen molar-refractivity contribution >= 4 is 6.29 Å². The fourth-order valence-electron chi connectivity index (χ4n) is 1.95. The lowest BCUT2D eigenvalue weighted by Crippen LogP contribution is -1.96. The van der Waals surface area contributed by atoms with Crippen LogP contribution in [-0.4, -0.2) is 16.1 Å². The van der Waals surface area contributed by atoms with Crippen LogP contribution in [0.25, 0.3) is 11.1 Å². The first kappa shape index (κ1) is 12.5. The van der Waals surface area contributed by atoms with E-state index < -0.39 is 5.82 Å². The van der Waals surface area contributed by atoms with Crippen LogP contribution in [0.3, 0.4) is 0 Å². The Morgan fingerprint density at radius 1 is 1.39 bits per heavy atom. The second-order valence-corrected chi connectivity index (χ2v) is 4.25. The van der Waals surface area contributed by atoms with Gasteiger partial charge in [-0.2, -0.15) is 5.10 Å². The van der Waals surface area contributed by atoms with E-state index in [-0.39, 0.29) is 0 Å². The van der Waals surface area contributed by atoms with Gasteiger partial charge in [-0.3, -0.25) is 9.48 Å². The molecule has 0 bridgehead atoms. The lowest BCUT2D eigenvalue weighted by atomic mass is 10.0. The monoisotopic (exact) mass is 246 g/mol. The van der Waals surface area contributed by atoms with Crippen molar-refractivity contribution in [3.8, 4) is 11.1 Å². The fraction of sp³-hybridized carbons (Fsp3) is 0.286. The zero-order chi connectivity index (χ0) is 13.1. The van der Waals surface area contributed by atoms with Gasteiger partial charge in [0.15, 0.2) is 0 Å². The normalized spacial score (nSPS) is 10.6. The molecule has 1 heterocycles. The van der Waals surface area contributed by atoms with Crippen molar-refractivity contribution in [2.45, 2.75) is 26.8 Å². The van der Waals surface area contributed by atoms with Crippen molar-refractivity contribution in [1.29, 1.82) is 0 Å². The lowest BCUT2D eigenvalue weighted by molar-refractivity contribution is 0.112. The van der Waals surface area contributed by atoms with Crippen LogP contribution in [0, 0.1) is 12.7 Å². The maximum Gasteiger partial charge on any atom is 0.150 e. The van der Waals surface area contributed by atoms with Crippen LogP contribution >= 0.6 is 0 Å². The molecule has 1 aromatic heterocycles. The number of carbonyl (C=O) groups is 1. The zero-order valence-corrected chi connectivity index (χ0v) is 10.5. The summed E-state index contributed by atoms with van der Waals surface area (Å²) in [6.07, 6.45) is 3.46. The molecule has 0 radical (unpaired) electrons. The van der Waals surface area contributed by atoms with E-state index in [1.54, 1.807) is 12.1 Å². The smallest absolute Gasteiger partial charge is 0.150 e. The number of aldehydes is 1. The highest BCUT2D eigenvalue weighted by atomic mass is 19.1. The van der Waals surface area contributed by atoms with E-state index in [1.807, 2.05) is 17.8 Å². The molecule has 0 aliphatic rings. The first-order valence-electron chi connectivity index (χ1n) is 5.95. The highest BCUT2D eigenvalue weighted by Crippen LogP contribution is 2.26. The van der Waals surface area contributed by atoms with Gasteiger partial charge in [-0.25, -0.2) is 4.39 Å². The molecule has 18 heavy (non-hydrogen) atoms. The van der Waals surface area contributed by atoms with Crippen LogP contribution in [-0.2, 0) is 6.54 Å². The molecular formula is C14H15FN2O. The molecule has 0 fully saturated rings. The first-order valence-corrected chi connectivity index (χ1v) is 5.95. The van der Waals surface area contributed by atoms with E-state index in [4.69, 9.17) is 0 Å². The molecule has 0 N–H and O–H groups in total. The van der Waals surface area contributed by atoms with Gasteiger partial charge in [0.1, 0.15) is 12.1 Å². The minimum atomic E-state index is -0.390. The summed E-state index contributed by atoms with van der Waals surface area (Å²) in [6.45, 7) is 4.74. The average molecular weight is 246 g/mol. The Hall–Kier alpha value is -1.97. The van der Waals surface area contributed by atoms with Crippen LogP contribution in [0.4, 0.5) is 4.39 Å². The summed E-state index contributed by atoms with van der Waals surface area (Å²) in [5, 5.41) is 4.34. The average Bonchev–Trinajstić information content (AvgIpc) is 2.70. The summed E-state index contributed by atoms with van der Waals surface area (Å²) >= 11 is 0. The van der Waals surface area contributed by atoms with Crippen molar-refractivity contribution in [2.24, 2.45) is 0 Å². The molecule has 0 spiro atoms. The number of hydrogen-bond donors (Lipinski definition) is 0. The summed E-state index contributed by atoms with van der Waals surface area (Å²) in [5.41, 5.74) is 2.40. The topological polar surface area (TPSA) is 34.9 Å². The summed E-state index contributed by atoms with van der Waals surface area (Å²) in [7, 11) is 0. The van der Waals surface area contributed by atoms with Gasteiger partial charge in [-0.15, -0.1) is 0 Å². The summed E-state index contributed by atoms with van der Waals surface area (Å²) in [5.74, 6) is -0.390. The molecule has 3 nitrogen and oxygen atoms in total. The van der Waals surface area contributed by atoms with Gasteiger partial charge in [-0.1, -0.05) is 19.1 Å². The molecular weight excluding hydrogens is 231 g/mol. The van der Waals surface area contributed by atoms with Crippen LogP contribution in [0.2, 0.25) is 0 Å². The number of halogens is 1. The molecule has 2 rings (SSSR count). The van der Waals surface area contributed by atoms with Crippen molar-refractivity contribution in [3.05, 3.63) is 41.5 Å². The molecule has 0 saturated heterocycles. The van der Waals surface area contributed by atoms with Gasteiger partial charge in [-0.05, 0) is 19.4 Å². The van der Waals surface area contributed by atoms with Gasteiger partial charge in [0.05, 0.1) is 5.69 Å². The number of rotatable bonds is 4. The minimum absolute atomic E-state index is 0.342. The van der Waals surface area contributed by atoms with Crippen LogP contribution in [0.1, 0.15) is 29.4 Å². The Bertz CT molecular complexity index is 575. The molecule has 4 heteroatoms. The largest absolute Gasteiger partial charge is 0.298 e. The van der Waals surface area contributed by atoms with E-state index in [2.05, 4.69) is 12.0 Å². The highest BCUT2D eigenvalue weighted by Gasteiger charge is 2.12. The lowest BCUT2D eigenvalue weighted by Gasteiger charge is -2.02. The second kappa shape index (κ2) is 5.12. The molecule has 0 amide bonds. The summed E-state index contributed by atoms with van der Waals surface area (Å²) < 4.78 is 15.7. The summed E-state index contributed by atoms with van der Waals surface area (Å²) in [6, 6.07) is 4.49. The van der Waals surface area contributed by atoms with Gasteiger partial charge < -0.3 is 0 Å². The van der Waals surface area contributed by atoms with Crippen LogP contribution in [0.5, 0.6) is 0 Å². The third-order valence-electron chi connectivity index (χ3n) is 2.82. The molecule has 0 aliphatic heterocycles. The molecule has 0 unspecified atom stereocenters. The van der Waals surface area contributed by atoms with E-state index in [0.29, 0.717) is 17.4 Å². The molecule has 2 aromatic rings. The van der Waals surface area contributed by atoms with E-state index >= 15 is 0 Å². The third kappa shape index (κ3) is 2.32. The van der Waals surface area contributed by atoms with E-state index in [0.717, 1.165) is 24.2 Å². The Labute approximate surface area is 105 Å².